The van der Waals surface area contributed by atoms with E-state index in [4.69, 9.17) is 0 Å². The van der Waals surface area contributed by atoms with Crippen LogP contribution in [0.25, 0.3) is 0 Å². The quantitative estimate of drug-likeness (QED) is 0.636. The Balaban J connectivity index is 1.57. The van der Waals surface area contributed by atoms with Crippen molar-refractivity contribution in [2.24, 2.45) is 0 Å². The third-order valence-electron chi connectivity index (χ3n) is 5.62. The molecule has 1 fully saturated rings. The van der Waals surface area contributed by atoms with Crippen LogP contribution in [0, 0.1) is 11.6 Å². The number of carbonyl (C=O) groups excluding carboxylic acids is 1. The number of halogens is 2. The molecule has 11 heteroatoms. The van der Waals surface area contributed by atoms with Gasteiger partial charge in [0, 0.05) is 58.2 Å². The monoisotopic (exact) mass is 481 g/mol. The van der Waals surface area contributed by atoms with Gasteiger partial charge in [-0.3, -0.25) is 4.90 Å². The second-order valence-corrected chi connectivity index (χ2v) is 10.4. The summed E-state index contributed by atoms with van der Waals surface area (Å²) in [4.78, 5) is 14.3. The standard InChI is InChI=1S/C22H29F2N5O3S/c1-27(2)33(31,32)28(3)21-8-10-29(11-9-21)15-16-12-18(24)14-20(13-16)26-22(30)25-19-6-4-17(23)5-7-19/h4-7,12-14,21H,8-11,15H2,1-3H3,(H2,25,26,30). The lowest BCUT2D eigenvalue weighted by atomic mass is 10.0. The Labute approximate surface area is 193 Å². The molecule has 0 atom stereocenters. The van der Waals surface area contributed by atoms with Gasteiger partial charge in [0.1, 0.15) is 11.6 Å². The van der Waals surface area contributed by atoms with Gasteiger partial charge in [0.2, 0.25) is 0 Å². The zero-order chi connectivity index (χ0) is 24.2. The highest BCUT2D eigenvalue weighted by Crippen LogP contribution is 2.22. The number of hydrogen-bond acceptors (Lipinski definition) is 4. The highest BCUT2D eigenvalue weighted by Gasteiger charge is 2.31. The van der Waals surface area contributed by atoms with Crippen LogP contribution in [0.4, 0.5) is 25.0 Å². The van der Waals surface area contributed by atoms with E-state index in [1.54, 1.807) is 13.1 Å². The number of nitrogens with one attached hydrogen (secondary N) is 2. The van der Waals surface area contributed by atoms with E-state index in [0.717, 1.165) is 0 Å². The second kappa shape index (κ2) is 10.6. The van der Waals surface area contributed by atoms with Crippen LogP contribution >= 0.6 is 0 Å². The molecule has 1 aliphatic rings. The van der Waals surface area contributed by atoms with Crippen molar-refractivity contribution in [2.45, 2.75) is 25.4 Å². The zero-order valence-corrected chi connectivity index (χ0v) is 19.7. The van der Waals surface area contributed by atoms with Crippen LogP contribution in [-0.2, 0) is 16.8 Å². The molecule has 1 saturated heterocycles. The third-order valence-corrected chi connectivity index (χ3v) is 7.57. The molecule has 2 N–H and O–H groups in total. The van der Waals surface area contributed by atoms with Crippen LogP contribution in [0.3, 0.4) is 0 Å². The summed E-state index contributed by atoms with van der Waals surface area (Å²) in [7, 11) is 1.15. The van der Waals surface area contributed by atoms with Crippen LogP contribution in [0.5, 0.6) is 0 Å². The SMILES string of the molecule is CN(C)S(=O)(=O)N(C)C1CCN(Cc2cc(F)cc(NC(=O)Nc3ccc(F)cc3)c2)CC1. The van der Waals surface area contributed by atoms with Crippen molar-refractivity contribution < 1.29 is 22.0 Å². The third kappa shape index (κ3) is 6.70. The van der Waals surface area contributed by atoms with Crippen LogP contribution in [0.15, 0.2) is 42.5 Å². The van der Waals surface area contributed by atoms with Crippen molar-refractivity contribution in [3.8, 4) is 0 Å². The number of piperidine rings is 1. The fourth-order valence-corrected chi connectivity index (χ4v) is 4.89. The Morgan fingerprint density at radius 3 is 2.18 bits per heavy atom. The average Bonchev–Trinajstić information content (AvgIpc) is 2.74. The topological polar surface area (TPSA) is 85.0 Å². The molecule has 2 aromatic rings. The Morgan fingerprint density at radius 2 is 1.58 bits per heavy atom. The van der Waals surface area contributed by atoms with Crippen LogP contribution in [0.1, 0.15) is 18.4 Å². The highest BCUT2D eigenvalue weighted by molar-refractivity contribution is 7.86. The molecule has 33 heavy (non-hydrogen) atoms. The lowest BCUT2D eigenvalue weighted by Crippen LogP contribution is -2.48. The predicted molar refractivity (Wildman–Crippen MR) is 124 cm³/mol. The summed E-state index contributed by atoms with van der Waals surface area (Å²) in [5.74, 6) is -0.887. The van der Waals surface area contributed by atoms with E-state index in [1.807, 2.05) is 0 Å². The number of anilines is 2. The van der Waals surface area contributed by atoms with E-state index in [2.05, 4.69) is 15.5 Å². The molecule has 0 aliphatic carbocycles. The van der Waals surface area contributed by atoms with Gasteiger partial charge in [0.25, 0.3) is 10.2 Å². The van der Waals surface area contributed by atoms with Crippen molar-refractivity contribution in [3.63, 3.8) is 0 Å². The number of rotatable bonds is 7. The van der Waals surface area contributed by atoms with E-state index in [-0.39, 0.29) is 6.04 Å². The molecule has 0 saturated carbocycles. The minimum absolute atomic E-state index is 0.0893. The fourth-order valence-electron chi connectivity index (χ4n) is 3.79. The summed E-state index contributed by atoms with van der Waals surface area (Å²) in [5, 5.41) is 5.16. The van der Waals surface area contributed by atoms with Crippen LogP contribution in [-0.4, -0.2) is 68.2 Å². The summed E-state index contributed by atoms with van der Waals surface area (Å²) < 4.78 is 54.4. The molecule has 0 unspecified atom stereocenters. The lowest BCUT2D eigenvalue weighted by molar-refractivity contribution is 0.161. The second-order valence-electron chi connectivity index (χ2n) is 8.25. The Hall–Kier alpha value is -2.60. The summed E-state index contributed by atoms with van der Waals surface area (Å²) in [5.41, 5.74) is 1.41. The summed E-state index contributed by atoms with van der Waals surface area (Å²) in [6, 6.07) is 8.99. The number of nitrogens with zero attached hydrogens (tertiary/aromatic N) is 3. The van der Waals surface area contributed by atoms with E-state index >= 15 is 0 Å². The zero-order valence-electron chi connectivity index (χ0n) is 18.9. The number of amides is 2. The molecule has 2 aromatic carbocycles. The molecule has 0 spiro atoms. The van der Waals surface area contributed by atoms with E-state index in [1.165, 1.54) is 59.1 Å². The molecule has 180 valence electrons. The van der Waals surface area contributed by atoms with E-state index in [9.17, 15) is 22.0 Å². The predicted octanol–water partition coefficient (Wildman–Crippen LogP) is 3.31. The van der Waals surface area contributed by atoms with Gasteiger partial charge in [-0.25, -0.2) is 13.6 Å². The minimum atomic E-state index is -3.47. The summed E-state index contributed by atoms with van der Waals surface area (Å²) in [6.07, 6.45) is 1.34. The average molecular weight is 482 g/mol. The molecule has 3 rings (SSSR count). The Morgan fingerprint density at radius 1 is 0.970 bits per heavy atom. The molecule has 8 nitrogen and oxygen atoms in total. The first-order valence-corrected chi connectivity index (χ1v) is 11.9. The van der Waals surface area contributed by atoms with Gasteiger partial charge in [-0.15, -0.1) is 0 Å². The fraction of sp³-hybridized carbons (Fsp3) is 0.409. The van der Waals surface area contributed by atoms with E-state index in [0.29, 0.717) is 49.4 Å². The first-order chi connectivity index (χ1) is 15.5. The smallest absolute Gasteiger partial charge is 0.308 e. The van der Waals surface area contributed by atoms with Gasteiger partial charge in [-0.1, -0.05) is 0 Å². The number of urea groups is 1. The van der Waals surface area contributed by atoms with Crippen LogP contribution < -0.4 is 10.6 Å². The van der Waals surface area contributed by atoms with Crippen molar-refractivity contribution in [2.75, 3.05) is 44.9 Å². The molecule has 0 aromatic heterocycles. The van der Waals surface area contributed by atoms with Gasteiger partial charge < -0.3 is 10.6 Å². The lowest BCUT2D eigenvalue weighted by Gasteiger charge is -2.37. The molecule has 0 radical (unpaired) electrons. The molecule has 0 bridgehead atoms. The largest absolute Gasteiger partial charge is 0.323 e. The maximum absolute atomic E-state index is 14.2. The van der Waals surface area contributed by atoms with Crippen molar-refractivity contribution >= 4 is 27.6 Å². The van der Waals surface area contributed by atoms with Gasteiger partial charge >= 0.3 is 6.03 Å². The maximum Gasteiger partial charge on any atom is 0.323 e. The number of likely N-dealkylation sites (tertiary alicyclic amines) is 1. The van der Waals surface area contributed by atoms with Crippen molar-refractivity contribution in [1.82, 2.24) is 13.5 Å². The highest BCUT2D eigenvalue weighted by atomic mass is 32.2. The molecule has 2 amide bonds. The summed E-state index contributed by atoms with van der Waals surface area (Å²) in [6.45, 7) is 1.81. The molecule has 1 aliphatic heterocycles. The van der Waals surface area contributed by atoms with Crippen molar-refractivity contribution in [1.29, 1.82) is 0 Å². The van der Waals surface area contributed by atoms with Crippen LogP contribution in [0.2, 0.25) is 0 Å². The first kappa shape index (κ1) is 25.0. The summed E-state index contributed by atoms with van der Waals surface area (Å²) >= 11 is 0. The number of benzene rings is 2. The number of hydrogen-bond donors (Lipinski definition) is 2. The molecule has 1 heterocycles. The number of carbonyl (C=O) groups is 1. The van der Waals surface area contributed by atoms with Gasteiger partial charge in [0.05, 0.1) is 0 Å². The van der Waals surface area contributed by atoms with Gasteiger partial charge in [-0.05, 0) is 60.9 Å². The maximum atomic E-state index is 14.2. The minimum Gasteiger partial charge on any atom is -0.308 e. The van der Waals surface area contributed by atoms with Gasteiger partial charge in [-0.2, -0.15) is 17.0 Å². The Bertz CT molecular complexity index is 1070. The van der Waals surface area contributed by atoms with Crippen molar-refractivity contribution in [3.05, 3.63) is 59.7 Å². The van der Waals surface area contributed by atoms with Gasteiger partial charge in [0.15, 0.2) is 0 Å². The molecular weight excluding hydrogens is 452 g/mol. The normalized spacial score (nSPS) is 15.7. The van der Waals surface area contributed by atoms with E-state index < -0.39 is 27.9 Å². The Kier molecular flexibility index (Phi) is 8.01. The molecular formula is C22H29F2N5O3S. The first-order valence-electron chi connectivity index (χ1n) is 10.6.